The van der Waals surface area contributed by atoms with Crippen LogP contribution in [0.1, 0.15) is 19.4 Å². The highest BCUT2D eigenvalue weighted by molar-refractivity contribution is 6.18. The summed E-state index contributed by atoms with van der Waals surface area (Å²) in [6.45, 7) is 4.18. The van der Waals surface area contributed by atoms with Crippen LogP contribution in [0.2, 0.25) is 0 Å². The Bertz CT molecular complexity index is 939. The van der Waals surface area contributed by atoms with E-state index in [0.29, 0.717) is 18.6 Å². The number of nitrogens with one attached hydrogen (secondary N) is 2. The molecule has 6 nitrogen and oxygen atoms in total. The van der Waals surface area contributed by atoms with Gasteiger partial charge in [-0.15, -0.1) is 11.6 Å². The van der Waals surface area contributed by atoms with E-state index in [1.807, 2.05) is 44.3 Å². The van der Waals surface area contributed by atoms with Crippen molar-refractivity contribution in [3.05, 3.63) is 42.2 Å². The highest BCUT2D eigenvalue weighted by Gasteiger charge is 2.20. The number of rotatable bonds is 8. The first kappa shape index (κ1) is 19.3. The first-order chi connectivity index (χ1) is 12.9. The SMILES string of the molecule is CC(C)(C=O)Cc1c[nH]c2ncc(-c3cccc(NCC(O)CCl)c3)nc12. The Morgan fingerprint density at radius 3 is 2.96 bits per heavy atom. The van der Waals surface area contributed by atoms with Crippen molar-refractivity contribution in [3.8, 4) is 11.3 Å². The first-order valence-electron chi connectivity index (χ1n) is 8.79. The quantitative estimate of drug-likeness (QED) is 0.407. The van der Waals surface area contributed by atoms with Crippen molar-refractivity contribution in [2.24, 2.45) is 5.41 Å². The maximum Gasteiger partial charge on any atom is 0.156 e. The van der Waals surface area contributed by atoms with Gasteiger partial charge in [0, 0.05) is 29.4 Å². The van der Waals surface area contributed by atoms with Gasteiger partial charge in [0.05, 0.1) is 23.9 Å². The number of aromatic nitrogens is 3. The minimum atomic E-state index is -0.602. The van der Waals surface area contributed by atoms with Crippen molar-refractivity contribution in [3.63, 3.8) is 0 Å². The lowest BCUT2D eigenvalue weighted by Crippen LogP contribution is -2.20. The van der Waals surface area contributed by atoms with Crippen LogP contribution < -0.4 is 5.32 Å². The Labute approximate surface area is 163 Å². The van der Waals surface area contributed by atoms with Crippen LogP contribution in [0.25, 0.3) is 22.4 Å². The van der Waals surface area contributed by atoms with Gasteiger partial charge in [-0.3, -0.25) is 0 Å². The molecule has 3 N–H and O–H groups in total. The number of alkyl halides is 1. The molecule has 3 aromatic rings. The summed E-state index contributed by atoms with van der Waals surface area (Å²) in [5, 5.41) is 12.8. The van der Waals surface area contributed by atoms with E-state index < -0.39 is 11.5 Å². The molecule has 0 bridgehead atoms. The maximum absolute atomic E-state index is 11.3. The average Bonchev–Trinajstić information content (AvgIpc) is 3.07. The van der Waals surface area contributed by atoms with Gasteiger partial charge < -0.3 is 20.2 Å². The normalized spacial score (nSPS) is 12.9. The molecule has 142 valence electrons. The Morgan fingerprint density at radius 2 is 2.22 bits per heavy atom. The second kappa shape index (κ2) is 8.06. The van der Waals surface area contributed by atoms with Crippen molar-refractivity contribution < 1.29 is 9.90 Å². The van der Waals surface area contributed by atoms with Gasteiger partial charge in [-0.1, -0.05) is 26.0 Å². The van der Waals surface area contributed by atoms with Crippen LogP contribution in [0.3, 0.4) is 0 Å². The van der Waals surface area contributed by atoms with Gasteiger partial charge in [-0.2, -0.15) is 0 Å². The minimum Gasteiger partial charge on any atom is -0.390 e. The van der Waals surface area contributed by atoms with Gasteiger partial charge >= 0.3 is 0 Å². The number of aromatic amines is 1. The summed E-state index contributed by atoms with van der Waals surface area (Å²) in [7, 11) is 0. The Morgan fingerprint density at radius 1 is 1.41 bits per heavy atom. The van der Waals surface area contributed by atoms with E-state index in [1.165, 1.54) is 0 Å². The zero-order chi connectivity index (χ0) is 19.4. The second-order valence-corrected chi connectivity index (χ2v) is 7.63. The molecule has 0 amide bonds. The molecule has 2 aromatic heterocycles. The van der Waals surface area contributed by atoms with E-state index in [2.05, 4.69) is 15.3 Å². The summed E-state index contributed by atoms with van der Waals surface area (Å²) in [5.74, 6) is 0.183. The molecule has 0 saturated carbocycles. The number of carbonyl (C=O) groups excluding carboxylic acids is 1. The van der Waals surface area contributed by atoms with Crippen LogP contribution >= 0.6 is 11.6 Å². The lowest BCUT2D eigenvalue weighted by molar-refractivity contribution is -0.114. The van der Waals surface area contributed by atoms with Crippen LogP contribution in [-0.2, 0) is 11.2 Å². The summed E-state index contributed by atoms with van der Waals surface area (Å²) in [4.78, 5) is 23.6. The van der Waals surface area contributed by atoms with Crippen molar-refractivity contribution in [2.75, 3.05) is 17.7 Å². The summed E-state index contributed by atoms with van der Waals surface area (Å²) in [6.07, 6.45) is 4.54. The molecule has 1 aromatic carbocycles. The smallest absolute Gasteiger partial charge is 0.156 e. The molecular formula is C20H23ClN4O2. The molecule has 0 aliphatic heterocycles. The second-order valence-electron chi connectivity index (χ2n) is 7.32. The number of nitrogens with zero attached hydrogens (tertiary/aromatic N) is 2. The number of hydrogen-bond acceptors (Lipinski definition) is 5. The molecule has 0 spiro atoms. The molecule has 3 rings (SSSR count). The maximum atomic E-state index is 11.3. The number of hydrogen-bond donors (Lipinski definition) is 3. The number of aliphatic hydroxyl groups is 1. The predicted octanol–water partition coefficient (Wildman–Crippen LogP) is 3.40. The topological polar surface area (TPSA) is 90.9 Å². The van der Waals surface area contributed by atoms with Crippen LogP contribution in [0.4, 0.5) is 5.69 Å². The van der Waals surface area contributed by atoms with E-state index in [0.717, 1.165) is 34.3 Å². The lowest BCUT2D eigenvalue weighted by Gasteiger charge is -2.15. The molecule has 7 heteroatoms. The van der Waals surface area contributed by atoms with E-state index >= 15 is 0 Å². The minimum absolute atomic E-state index is 0.183. The number of carbonyl (C=O) groups is 1. The number of H-pyrrole nitrogens is 1. The van der Waals surface area contributed by atoms with Gasteiger partial charge in [-0.25, -0.2) is 9.97 Å². The van der Waals surface area contributed by atoms with Crippen molar-refractivity contribution >= 4 is 34.7 Å². The number of halogens is 1. The summed E-state index contributed by atoms with van der Waals surface area (Å²) in [6, 6.07) is 7.76. The molecule has 0 aliphatic carbocycles. The van der Waals surface area contributed by atoms with Crippen molar-refractivity contribution in [1.82, 2.24) is 15.0 Å². The van der Waals surface area contributed by atoms with E-state index in [4.69, 9.17) is 16.6 Å². The van der Waals surface area contributed by atoms with E-state index in [-0.39, 0.29) is 5.88 Å². The third kappa shape index (κ3) is 4.64. The largest absolute Gasteiger partial charge is 0.390 e. The molecular weight excluding hydrogens is 364 g/mol. The number of aldehydes is 1. The summed E-state index contributed by atoms with van der Waals surface area (Å²) >= 11 is 5.63. The van der Waals surface area contributed by atoms with Gasteiger partial charge in [0.15, 0.2) is 5.65 Å². The van der Waals surface area contributed by atoms with Gasteiger partial charge in [0.25, 0.3) is 0 Å². The Hall–Kier alpha value is -2.44. The lowest BCUT2D eigenvalue weighted by atomic mass is 9.88. The van der Waals surface area contributed by atoms with Crippen LogP contribution in [-0.4, -0.2) is 44.9 Å². The zero-order valence-corrected chi connectivity index (χ0v) is 16.1. The summed E-state index contributed by atoms with van der Waals surface area (Å²) in [5.41, 5.74) is 4.52. The van der Waals surface area contributed by atoms with Gasteiger partial charge in [0.1, 0.15) is 11.8 Å². The molecule has 27 heavy (non-hydrogen) atoms. The highest BCUT2D eigenvalue weighted by atomic mass is 35.5. The number of aliphatic hydroxyl groups excluding tert-OH is 1. The highest BCUT2D eigenvalue weighted by Crippen LogP contribution is 2.27. The van der Waals surface area contributed by atoms with Crippen molar-refractivity contribution in [1.29, 1.82) is 0 Å². The fourth-order valence-corrected chi connectivity index (χ4v) is 2.94. The van der Waals surface area contributed by atoms with Crippen LogP contribution in [0.15, 0.2) is 36.7 Å². The zero-order valence-electron chi connectivity index (χ0n) is 15.4. The van der Waals surface area contributed by atoms with E-state index in [1.54, 1.807) is 6.20 Å². The van der Waals surface area contributed by atoms with Gasteiger partial charge in [-0.05, 0) is 24.1 Å². The van der Waals surface area contributed by atoms with Crippen LogP contribution in [0.5, 0.6) is 0 Å². The molecule has 0 aliphatic rings. The molecule has 0 saturated heterocycles. The third-order valence-corrected chi connectivity index (χ3v) is 4.66. The molecule has 0 fully saturated rings. The molecule has 1 unspecified atom stereocenters. The fourth-order valence-electron chi connectivity index (χ4n) is 2.83. The first-order valence-corrected chi connectivity index (χ1v) is 9.33. The molecule has 0 radical (unpaired) electrons. The van der Waals surface area contributed by atoms with Crippen LogP contribution in [0, 0.1) is 5.41 Å². The standard InChI is InChI=1S/C20H23ClN4O2/c1-20(2,12-26)7-14-9-23-19-18(14)25-17(11-24-19)13-4-3-5-15(6-13)22-10-16(27)8-21/h3-6,9,11-12,16,22,27H,7-8,10H2,1-2H3,(H,23,24). The van der Waals surface area contributed by atoms with Crippen molar-refractivity contribution in [2.45, 2.75) is 26.4 Å². The van der Waals surface area contributed by atoms with E-state index in [9.17, 15) is 9.90 Å². The molecule has 1 atom stereocenters. The predicted molar refractivity (Wildman–Crippen MR) is 108 cm³/mol. The number of anilines is 1. The Kier molecular flexibility index (Phi) is 5.77. The fraction of sp³-hybridized carbons (Fsp3) is 0.350. The third-order valence-electron chi connectivity index (χ3n) is 4.30. The van der Waals surface area contributed by atoms with Gasteiger partial charge in [0.2, 0.25) is 0 Å². The Balaban J connectivity index is 1.90. The molecule has 2 heterocycles. The monoisotopic (exact) mass is 386 g/mol. The average molecular weight is 387 g/mol. The summed E-state index contributed by atoms with van der Waals surface area (Å²) < 4.78 is 0. The number of benzene rings is 1. The number of fused-ring (bicyclic) bond motifs is 1.